The third kappa shape index (κ3) is 4.65. The summed E-state index contributed by atoms with van der Waals surface area (Å²) in [6.07, 6.45) is 6.82. The summed E-state index contributed by atoms with van der Waals surface area (Å²) in [5, 5.41) is 3.05. The minimum Gasteiger partial charge on any atom is -0.326 e. The van der Waals surface area contributed by atoms with E-state index in [1.807, 2.05) is 30.3 Å². The van der Waals surface area contributed by atoms with Gasteiger partial charge in [0.25, 0.3) is 0 Å². The molecule has 2 aromatic carbocycles. The van der Waals surface area contributed by atoms with Crippen LogP contribution in [0.1, 0.15) is 72.1 Å². The second-order valence-electron chi connectivity index (χ2n) is 7.32. The van der Waals surface area contributed by atoms with E-state index in [0.717, 1.165) is 48.1 Å². The lowest BCUT2D eigenvalue weighted by Crippen LogP contribution is -2.16. The van der Waals surface area contributed by atoms with E-state index in [1.54, 1.807) is 0 Å². The van der Waals surface area contributed by atoms with Crippen LogP contribution in [0, 0.1) is 0 Å². The normalized spacial score (nSPS) is 13.1. The summed E-state index contributed by atoms with van der Waals surface area (Å²) in [6, 6.07) is 12.2. The van der Waals surface area contributed by atoms with Crippen molar-refractivity contribution in [1.82, 2.24) is 0 Å². The van der Waals surface area contributed by atoms with Gasteiger partial charge in [0.05, 0.1) is 0 Å². The van der Waals surface area contributed by atoms with E-state index in [2.05, 4.69) is 25.2 Å². The van der Waals surface area contributed by atoms with Crippen LogP contribution in [0.4, 0.5) is 5.69 Å². The monoisotopic (exact) mass is 363 g/mol. The Hall–Kier alpha value is -2.42. The molecular weight excluding hydrogens is 334 g/mol. The summed E-state index contributed by atoms with van der Waals surface area (Å²) in [7, 11) is 0. The Morgan fingerprint density at radius 2 is 1.56 bits per heavy atom. The van der Waals surface area contributed by atoms with Gasteiger partial charge in [-0.3, -0.25) is 9.59 Å². The topological polar surface area (TPSA) is 46.2 Å². The van der Waals surface area contributed by atoms with Crippen LogP contribution in [0.2, 0.25) is 0 Å². The van der Waals surface area contributed by atoms with E-state index < -0.39 is 0 Å². The van der Waals surface area contributed by atoms with Crippen LogP contribution in [0.3, 0.4) is 0 Å². The molecule has 1 amide bonds. The lowest BCUT2D eigenvalue weighted by atomic mass is 9.89. The van der Waals surface area contributed by atoms with Gasteiger partial charge in [0.2, 0.25) is 5.91 Å². The first-order chi connectivity index (χ1) is 13.1. The van der Waals surface area contributed by atoms with Crippen molar-refractivity contribution in [2.24, 2.45) is 0 Å². The second-order valence-corrected chi connectivity index (χ2v) is 7.32. The van der Waals surface area contributed by atoms with Crippen LogP contribution < -0.4 is 5.32 Å². The average molecular weight is 364 g/mol. The summed E-state index contributed by atoms with van der Waals surface area (Å²) >= 11 is 0. The van der Waals surface area contributed by atoms with Gasteiger partial charge in [0.1, 0.15) is 0 Å². The second kappa shape index (κ2) is 8.98. The number of carbonyl (C=O) groups is 2. The summed E-state index contributed by atoms with van der Waals surface area (Å²) < 4.78 is 0. The third-order valence-electron chi connectivity index (χ3n) is 5.51. The van der Waals surface area contributed by atoms with Crippen LogP contribution >= 0.6 is 0 Å². The molecule has 0 unspecified atom stereocenters. The number of amides is 1. The highest BCUT2D eigenvalue weighted by molar-refractivity contribution is 6.00. The molecule has 2 aromatic rings. The Morgan fingerprint density at radius 3 is 2.22 bits per heavy atom. The third-order valence-corrected chi connectivity index (χ3v) is 5.51. The van der Waals surface area contributed by atoms with Crippen molar-refractivity contribution in [3.63, 3.8) is 0 Å². The van der Waals surface area contributed by atoms with Gasteiger partial charge in [-0.15, -0.1) is 0 Å². The molecule has 0 radical (unpaired) electrons. The largest absolute Gasteiger partial charge is 0.326 e. The molecule has 0 spiro atoms. The number of nitrogens with one attached hydrogen (secondary N) is 1. The van der Waals surface area contributed by atoms with Gasteiger partial charge in [-0.2, -0.15) is 0 Å². The highest BCUT2D eigenvalue weighted by atomic mass is 16.2. The predicted molar refractivity (Wildman–Crippen MR) is 110 cm³/mol. The van der Waals surface area contributed by atoms with E-state index in [0.29, 0.717) is 0 Å². The summed E-state index contributed by atoms with van der Waals surface area (Å²) in [4.78, 5) is 25.0. The number of benzene rings is 2. The Labute approximate surface area is 162 Å². The fourth-order valence-electron chi connectivity index (χ4n) is 3.88. The highest BCUT2D eigenvalue weighted by Gasteiger charge is 2.15. The molecule has 3 rings (SSSR count). The molecule has 142 valence electrons. The lowest BCUT2D eigenvalue weighted by molar-refractivity contribution is -0.116. The molecule has 0 atom stereocenters. The number of fused-ring (bicyclic) bond motifs is 1. The van der Waals surface area contributed by atoms with Crippen LogP contribution in [0.25, 0.3) is 0 Å². The van der Waals surface area contributed by atoms with Crippen molar-refractivity contribution in [1.29, 1.82) is 0 Å². The minimum atomic E-state index is -0.0862. The molecule has 0 aliphatic heterocycles. The molecular formula is C24H29NO2. The van der Waals surface area contributed by atoms with Crippen molar-refractivity contribution >= 4 is 17.4 Å². The molecule has 27 heavy (non-hydrogen) atoms. The summed E-state index contributed by atoms with van der Waals surface area (Å²) in [6.45, 7) is 4.17. The number of hydrogen-bond acceptors (Lipinski definition) is 2. The maximum Gasteiger partial charge on any atom is 0.224 e. The highest BCUT2D eigenvalue weighted by Crippen LogP contribution is 2.24. The summed E-state index contributed by atoms with van der Waals surface area (Å²) in [5.74, 6) is -0.0325. The molecule has 0 bridgehead atoms. The van der Waals surface area contributed by atoms with E-state index >= 15 is 0 Å². The van der Waals surface area contributed by atoms with Gasteiger partial charge in [-0.25, -0.2) is 0 Å². The van der Waals surface area contributed by atoms with Gasteiger partial charge in [0, 0.05) is 24.1 Å². The van der Waals surface area contributed by atoms with Crippen molar-refractivity contribution in [2.45, 2.75) is 65.2 Å². The Balaban J connectivity index is 1.62. The minimum absolute atomic E-state index is 0.0537. The number of carbonyl (C=O) groups excluding carboxylic acids is 2. The van der Waals surface area contributed by atoms with Gasteiger partial charge in [-0.1, -0.05) is 44.2 Å². The maximum absolute atomic E-state index is 12.6. The zero-order valence-corrected chi connectivity index (χ0v) is 16.4. The molecule has 0 fully saturated rings. The van der Waals surface area contributed by atoms with Crippen LogP contribution in [0.15, 0.2) is 36.4 Å². The van der Waals surface area contributed by atoms with E-state index in [1.165, 1.54) is 24.0 Å². The van der Waals surface area contributed by atoms with Gasteiger partial charge >= 0.3 is 0 Å². The standard InChI is InChI=1S/C24H29NO2/c1-3-17-10-7-11-18(4-2)24(17)25-23(27)15-14-22(26)21-13-12-19-8-5-6-9-20(19)16-21/h7,10-13,16H,3-6,8-9,14-15H2,1-2H3,(H,25,27). The number of Topliss-reactive ketones (excluding diaryl/α,β-unsaturated/α-hetero) is 1. The maximum atomic E-state index is 12.6. The lowest BCUT2D eigenvalue weighted by Gasteiger charge is -2.16. The van der Waals surface area contributed by atoms with Crippen LogP contribution in [0.5, 0.6) is 0 Å². The Morgan fingerprint density at radius 1 is 0.889 bits per heavy atom. The van der Waals surface area contributed by atoms with E-state index in [9.17, 15) is 9.59 Å². The first-order valence-corrected chi connectivity index (χ1v) is 10.2. The molecule has 1 aliphatic rings. The first-order valence-electron chi connectivity index (χ1n) is 10.2. The smallest absolute Gasteiger partial charge is 0.224 e. The molecule has 3 nitrogen and oxygen atoms in total. The fourth-order valence-corrected chi connectivity index (χ4v) is 3.88. The van der Waals surface area contributed by atoms with Gasteiger partial charge in [0.15, 0.2) is 5.78 Å². The first kappa shape index (κ1) is 19.3. The zero-order valence-electron chi connectivity index (χ0n) is 16.4. The molecule has 0 aromatic heterocycles. The molecule has 0 saturated carbocycles. The number of hydrogen-bond donors (Lipinski definition) is 1. The zero-order chi connectivity index (χ0) is 19.2. The molecule has 3 heteroatoms. The Bertz CT molecular complexity index is 816. The number of anilines is 1. The molecule has 1 N–H and O–H groups in total. The van der Waals surface area contributed by atoms with Crippen LogP contribution in [-0.2, 0) is 30.5 Å². The SMILES string of the molecule is CCc1cccc(CC)c1NC(=O)CCC(=O)c1ccc2c(c1)CCCC2. The Kier molecular flexibility index (Phi) is 6.44. The molecule has 0 saturated heterocycles. The molecule has 0 heterocycles. The number of aryl methyl sites for hydroxylation is 4. The predicted octanol–water partition coefficient (Wildman–Crippen LogP) is 5.29. The van der Waals surface area contributed by atoms with Crippen molar-refractivity contribution in [3.8, 4) is 0 Å². The quantitative estimate of drug-likeness (QED) is 0.679. The van der Waals surface area contributed by atoms with Gasteiger partial charge < -0.3 is 5.32 Å². The van der Waals surface area contributed by atoms with E-state index in [4.69, 9.17) is 0 Å². The average Bonchev–Trinajstić information content (AvgIpc) is 2.71. The van der Waals surface area contributed by atoms with E-state index in [-0.39, 0.29) is 24.5 Å². The van der Waals surface area contributed by atoms with Crippen molar-refractivity contribution in [3.05, 3.63) is 64.2 Å². The fraction of sp³-hybridized carbons (Fsp3) is 0.417. The number of rotatable bonds is 7. The molecule has 1 aliphatic carbocycles. The number of ketones is 1. The van der Waals surface area contributed by atoms with Crippen molar-refractivity contribution < 1.29 is 9.59 Å². The van der Waals surface area contributed by atoms with Crippen LogP contribution in [-0.4, -0.2) is 11.7 Å². The summed E-state index contributed by atoms with van der Waals surface area (Å²) in [5.41, 5.74) is 6.63. The number of para-hydroxylation sites is 1. The van der Waals surface area contributed by atoms with Crippen molar-refractivity contribution in [2.75, 3.05) is 5.32 Å². The van der Waals surface area contributed by atoms with Gasteiger partial charge in [-0.05, 0) is 66.8 Å².